The molecule has 0 aromatic heterocycles. The summed E-state index contributed by atoms with van der Waals surface area (Å²) in [5.74, 6) is 2.83. The Balaban J connectivity index is 1.39. The first-order chi connectivity index (χ1) is 14.0. The van der Waals surface area contributed by atoms with Crippen LogP contribution in [0, 0.1) is 17.8 Å². The van der Waals surface area contributed by atoms with Gasteiger partial charge >= 0.3 is 6.18 Å². The second-order valence-electron chi connectivity index (χ2n) is 9.05. The number of unbranched alkanes of at least 4 members (excludes halogenated alkanes) is 1. The molecule has 1 aromatic rings. The first kappa shape index (κ1) is 22.4. The summed E-state index contributed by atoms with van der Waals surface area (Å²) >= 11 is 0. The Labute approximate surface area is 172 Å². The first-order valence-electron chi connectivity index (χ1n) is 11.4. The maximum Gasteiger partial charge on any atom is 0.416 e. The van der Waals surface area contributed by atoms with E-state index in [0.29, 0.717) is 12.3 Å². The molecule has 0 unspecified atom stereocenters. The van der Waals surface area contributed by atoms with Crippen molar-refractivity contribution in [2.24, 2.45) is 17.8 Å². The third kappa shape index (κ3) is 6.58. The minimum absolute atomic E-state index is 0.226. The van der Waals surface area contributed by atoms with Gasteiger partial charge in [-0.25, -0.2) is 0 Å². The number of allylic oxidation sites excluding steroid dienone is 2. The van der Waals surface area contributed by atoms with Gasteiger partial charge in [-0.15, -0.1) is 0 Å². The fourth-order valence-corrected chi connectivity index (χ4v) is 5.37. The maximum absolute atomic E-state index is 12.7. The second kappa shape index (κ2) is 10.6. The molecule has 0 saturated heterocycles. The summed E-state index contributed by atoms with van der Waals surface area (Å²) in [6, 6.07) is 5.82. The third-order valence-corrected chi connectivity index (χ3v) is 7.18. The molecular weight excluding hydrogens is 376 g/mol. The summed E-state index contributed by atoms with van der Waals surface area (Å²) < 4.78 is 50.3. The summed E-state index contributed by atoms with van der Waals surface area (Å²) in [5, 5.41) is 0. The standard InChI is InChI=1S/C25H34F4/c26-18-4-2-1-3-5-19-6-8-20(9-7-19)21-10-12-22(13-11-21)23-14-16-24(17-15-23)25(27,28)29/h1,3,14-17,19-22H,2,4-13,18H2. The van der Waals surface area contributed by atoms with Crippen molar-refractivity contribution < 1.29 is 17.6 Å². The molecular formula is C25H34F4. The van der Waals surface area contributed by atoms with Gasteiger partial charge in [-0.3, -0.25) is 4.39 Å². The summed E-state index contributed by atoms with van der Waals surface area (Å²) in [5.41, 5.74) is 0.517. The van der Waals surface area contributed by atoms with Gasteiger partial charge in [0.15, 0.2) is 0 Å². The van der Waals surface area contributed by atoms with Crippen LogP contribution in [0.2, 0.25) is 0 Å². The number of halogens is 4. The van der Waals surface area contributed by atoms with E-state index >= 15 is 0 Å². The molecule has 0 aliphatic heterocycles. The van der Waals surface area contributed by atoms with Crippen LogP contribution in [-0.2, 0) is 6.18 Å². The molecule has 3 rings (SSSR count). The molecule has 0 radical (unpaired) electrons. The molecule has 2 saturated carbocycles. The monoisotopic (exact) mass is 410 g/mol. The Morgan fingerprint density at radius 2 is 1.38 bits per heavy atom. The SMILES string of the molecule is FCCCC=CCC1CCC(C2CCC(c3ccc(C(F)(F)F)cc3)CC2)CC1. The van der Waals surface area contributed by atoms with Crippen LogP contribution in [-0.4, -0.2) is 6.67 Å². The Hall–Kier alpha value is -1.32. The van der Waals surface area contributed by atoms with Crippen LogP contribution in [0.5, 0.6) is 0 Å². The van der Waals surface area contributed by atoms with Crippen LogP contribution in [0.15, 0.2) is 36.4 Å². The average molecular weight is 411 g/mol. The Bertz CT molecular complexity index is 615. The van der Waals surface area contributed by atoms with Crippen molar-refractivity contribution in [1.82, 2.24) is 0 Å². The van der Waals surface area contributed by atoms with Crippen molar-refractivity contribution in [3.8, 4) is 0 Å². The molecule has 2 aliphatic rings. The minimum atomic E-state index is -4.25. The van der Waals surface area contributed by atoms with Crippen LogP contribution < -0.4 is 0 Å². The lowest BCUT2D eigenvalue weighted by atomic mass is 9.68. The topological polar surface area (TPSA) is 0 Å². The average Bonchev–Trinajstić information content (AvgIpc) is 2.74. The predicted molar refractivity (Wildman–Crippen MR) is 111 cm³/mol. The Morgan fingerprint density at radius 1 is 0.793 bits per heavy atom. The summed E-state index contributed by atoms with van der Waals surface area (Å²) in [6.07, 6.45) is 12.6. The van der Waals surface area contributed by atoms with Crippen LogP contribution >= 0.6 is 0 Å². The van der Waals surface area contributed by atoms with Gasteiger partial charge in [0.2, 0.25) is 0 Å². The Morgan fingerprint density at radius 3 is 1.93 bits per heavy atom. The number of hydrogen-bond acceptors (Lipinski definition) is 0. The van der Waals surface area contributed by atoms with Crippen LogP contribution in [0.1, 0.15) is 87.7 Å². The summed E-state index contributed by atoms with van der Waals surface area (Å²) in [6.45, 7) is -0.226. The predicted octanol–water partition coefficient (Wildman–Crippen LogP) is 8.48. The lowest BCUT2D eigenvalue weighted by molar-refractivity contribution is -0.137. The van der Waals surface area contributed by atoms with Gasteiger partial charge in [0.25, 0.3) is 0 Å². The lowest BCUT2D eigenvalue weighted by Gasteiger charge is -2.38. The molecule has 0 spiro atoms. The molecule has 2 aliphatic carbocycles. The van der Waals surface area contributed by atoms with Gasteiger partial charge < -0.3 is 0 Å². The van der Waals surface area contributed by atoms with Gasteiger partial charge in [-0.05, 0) is 112 Å². The zero-order chi connectivity index (χ0) is 20.7. The van der Waals surface area contributed by atoms with E-state index in [0.717, 1.165) is 49.0 Å². The maximum atomic E-state index is 12.7. The van der Waals surface area contributed by atoms with E-state index in [1.165, 1.54) is 50.7 Å². The van der Waals surface area contributed by atoms with Gasteiger partial charge in [0.05, 0.1) is 12.2 Å². The molecule has 29 heavy (non-hydrogen) atoms. The molecule has 2 fully saturated rings. The molecule has 0 atom stereocenters. The molecule has 0 bridgehead atoms. The number of rotatable bonds is 7. The number of benzene rings is 1. The van der Waals surface area contributed by atoms with Crippen molar-refractivity contribution in [2.75, 3.05) is 6.67 Å². The lowest BCUT2D eigenvalue weighted by Crippen LogP contribution is -2.25. The number of alkyl halides is 4. The van der Waals surface area contributed by atoms with E-state index in [4.69, 9.17) is 0 Å². The third-order valence-electron chi connectivity index (χ3n) is 7.18. The molecule has 162 valence electrons. The van der Waals surface area contributed by atoms with E-state index in [2.05, 4.69) is 12.2 Å². The van der Waals surface area contributed by atoms with E-state index in [1.807, 2.05) is 0 Å². The van der Waals surface area contributed by atoms with Crippen LogP contribution in [0.3, 0.4) is 0 Å². The van der Waals surface area contributed by atoms with E-state index in [9.17, 15) is 17.6 Å². The highest BCUT2D eigenvalue weighted by molar-refractivity contribution is 5.27. The zero-order valence-corrected chi connectivity index (χ0v) is 17.3. The fourth-order valence-electron chi connectivity index (χ4n) is 5.37. The molecule has 0 amide bonds. The van der Waals surface area contributed by atoms with Crippen molar-refractivity contribution >= 4 is 0 Å². The Kier molecular flexibility index (Phi) is 8.20. The van der Waals surface area contributed by atoms with Crippen LogP contribution in [0.4, 0.5) is 17.6 Å². The fraction of sp³-hybridized carbons (Fsp3) is 0.680. The highest BCUT2D eigenvalue weighted by Crippen LogP contribution is 2.44. The molecule has 4 heteroatoms. The molecule has 0 nitrogen and oxygen atoms in total. The smallest absolute Gasteiger partial charge is 0.251 e. The second-order valence-corrected chi connectivity index (χ2v) is 9.05. The highest BCUT2D eigenvalue weighted by atomic mass is 19.4. The van der Waals surface area contributed by atoms with Gasteiger partial charge in [-0.1, -0.05) is 24.3 Å². The molecule has 0 heterocycles. The van der Waals surface area contributed by atoms with Crippen molar-refractivity contribution in [1.29, 1.82) is 0 Å². The van der Waals surface area contributed by atoms with Crippen molar-refractivity contribution in [3.05, 3.63) is 47.5 Å². The zero-order valence-electron chi connectivity index (χ0n) is 17.3. The quantitative estimate of drug-likeness (QED) is 0.240. The number of hydrogen-bond donors (Lipinski definition) is 0. The first-order valence-corrected chi connectivity index (χ1v) is 11.4. The largest absolute Gasteiger partial charge is 0.416 e. The summed E-state index contributed by atoms with van der Waals surface area (Å²) in [7, 11) is 0. The van der Waals surface area contributed by atoms with Gasteiger partial charge in [0, 0.05) is 0 Å². The highest BCUT2D eigenvalue weighted by Gasteiger charge is 2.32. The molecule has 1 aromatic carbocycles. The van der Waals surface area contributed by atoms with E-state index in [-0.39, 0.29) is 6.67 Å². The van der Waals surface area contributed by atoms with E-state index < -0.39 is 11.7 Å². The van der Waals surface area contributed by atoms with Crippen molar-refractivity contribution in [3.63, 3.8) is 0 Å². The minimum Gasteiger partial charge on any atom is -0.251 e. The normalized spacial score (nSPS) is 28.7. The van der Waals surface area contributed by atoms with Crippen LogP contribution in [0.25, 0.3) is 0 Å². The van der Waals surface area contributed by atoms with Gasteiger partial charge in [-0.2, -0.15) is 13.2 Å². The van der Waals surface area contributed by atoms with Crippen molar-refractivity contribution in [2.45, 2.75) is 82.7 Å². The summed E-state index contributed by atoms with van der Waals surface area (Å²) in [4.78, 5) is 0. The van der Waals surface area contributed by atoms with E-state index in [1.54, 1.807) is 12.1 Å². The van der Waals surface area contributed by atoms with Gasteiger partial charge in [0.1, 0.15) is 0 Å². The molecule has 0 N–H and O–H groups in total.